The molecular weight excluding hydrogens is 277 g/mol. The Kier molecular flexibility index (Phi) is 5.38. The van der Waals surface area contributed by atoms with Crippen molar-refractivity contribution in [1.29, 1.82) is 0 Å². The van der Waals surface area contributed by atoms with Crippen molar-refractivity contribution < 1.29 is 13.9 Å². The van der Waals surface area contributed by atoms with Crippen molar-refractivity contribution in [1.82, 2.24) is 4.98 Å². The number of thiazole rings is 1. The summed E-state index contributed by atoms with van der Waals surface area (Å²) in [7, 11) is 0. The number of ether oxygens (including phenoxy) is 1. The fraction of sp³-hybridized carbons (Fsp3) is 0.333. The van der Waals surface area contributed by atoms with Crippen LogP contribution in [0.2, 0.25) is 0 Å². The second-order valence-corrected chi connectivity index (χ2v) is 5.44. The average Bonchev–Trinajstić information content (AvgIpc) is 2.83. The molecule has 0 bridgehead atoms. The maximum absolute atomic E-state index is 12.7. The molecule has 0 fully saturated rings. The minimum absolute atomic E-state index is 0.00219. The van der Waals surface area contributed by atoms with Crippen LogP contribution in [0.25, 0.3) is 0 Å². The first-order valence-corrected chi connectivity index (χ1v) is 7.26. The summed E-state index contributed by atoms with van der Waals surface area (Å²) in [6.45, 7) is 2.57. The van der Waals surface area contributed by atoms with Crippen LogP contribution < -0.4 is 0 Å². The fourth-order valence-electron chi connectivity index (χ4n) is 1.80. The van der Waals surface area contributed by atoms with E-state index in [2.05, 4.69) is 4.98 Å². The summed E-state index contributed by atoms with van der Waals surface area (Å²) in [4.78, 5) is 17.0. The fourth-order valence-corrected chi connectivity index (χ4v) is 2.56. The first kappa shape index (κ1) is 14.8. The molecule has 1 aromatic carbocycles. The van der Waals surface area contributed by atoms with E-state index < -0.39 is 0 Å². The van der Waals surface area contributed by atoms with Crippen molar-refractivity contribution in [2.24, 2.45) is 0 Å². The molecule has 0 saturated heterocycles. The van der Waals surface area contributed by atoms with Gasteiger partial charge in [-0.05, 0) is 24.6 Å². The molecule has 0 radical (unpaired) electrons. The van der Waals surface area contributed by atoms with Gasteiger partial charge in [0, 0.05) is 17.7 Å². The molecule has 106 valence electrons. The first-order chi connectivity index (χ1) is 9.65. The molecule has 20 heavy (non-hydrogen) atoms. The van der Waals surface area contributed by atoms with E-state index in [9.17, 15) is 9.18 Å². The van der Waals surface area contributed by atoms with Crippen molar-refractivity contribution in [3.8, 4) is 0 Å². The Balaban J connectivity index is 1.68. The summed E-state index contributed by atoms with van der Waals surface area (Å²) in [5.41, 5.74) is 3.64. The highest BCUT2D eigenvalue weighted by molar-refractivity contribution is 7.09. The number of carbonyl (C=O) groups excluding carboxylic acids is 1. The van der Waals surface area contributed by atoms with Crippen LogP contribution >= 0.6 is 11.3 Å². The maximum atomic E-state index is 12.7. The summed E-state index contributed by atoms with van der Waals surface area (Å²) in [5, 5.41) is 0. The topological polar surface area (TPSA) is 39.2 Å². The standard InChI is InChI=1S/C15H16FNO2S/c1-11-15(20-10-17-11)6-7-19-9-14(18)8-12-2-4-13(16)5-3-12/h2-5,10H,6-9H2,1H3. The van der Waals surface area contributed by atoms with Crippen molar-refractivity contribution in [3.05, 3.63) is 51.7 Å². The number of hydrogen-bond acceptors (Lipinski definition) is 4. The maximum Gasteiger partial charge on any atom is 0.162 e. The molecule has 0 saturated carbocycles. The monoisotopic (exact) mass is 293 g/mol. The number of ketones is 1. The number of rotatable bonds is 7. The van der Waals surface area contributed by atoms with Gasteiger partial charge in [-0.25, -0.2) is 9.37 Å². The lowest BCUT2D eigenvalue weighted by molar-refractivity contribution is -0.122. The molecule has 5 heteroatoms. The summed E-state index contributed by atoms with van der Waals surface area (Å²) in [6, 6.07) is 5.95. The number of aromatic nitrogens is 1. The van der Waals surface area contributed by atoms with E-state index in [0.717, 1.165) is 17.7 Å². The van der Waals surface area contributed by atoms with Crippen molar-refractivity contribution in [2.45, 2.75) is 19.8 Å². The van der Waals surface area contributed by atoms with Crippen LogP contribution in [0.15, 0.2) is 29.8 Å². The van der Waals surface area contributed by atoms with Gasteiger partial charge in [-0.3, -0.25) is 4.79 Å². The van der Waals surface area contributed by atoms with E-state index >= 15 is 0 Å². The molecule has 1 aromatic heterocycles. The molecule has 1 heterocycles. The Morgan fingerprint density at radius 2 is 2.10 bits per heavy atom. The number of benzene rings is 1. The van der Waals surface area contributed by atoms with Gasteiger partial charge in [0.2, 0.25) is 0 Å². The van der Waals surface area contributed by atoms with Gasteiger partial charge in [0.15, 0.2) is 5.78 Å². The lowest BCUT2D eigenvalue weighted by Crippen LogP contribution is -2.13. The van der Waals surface area contributed by atoms with Crippen molar-refractivity contribution >= 4 is 17.1 Å². The normalized spacial score (nSPS) is 10.7. The smallest absolute Gasteiger partial charge is 0.162 e. The highest BCUT2D eigenvalue weighted by atomic mass is 32.1. The second kappa shape index (κ2) is 7.26. The average molecular weight is 293 g/mol. The van der Waals surface area contributed by atoms with Gasteiger partial charge in [0.05, 0.1) is 17.8 Å². The van der Waals surface area contributed by atoms with E-state index in [4.69, 9.17) is 4.74 Å². The molecule has 0 spiro atoms. The molecule has 0 aliphatic rings. The summed E-state index contributed by atoms with van der Waals surface area (Å²) in [5.74, 6) is -0.296. The number of hydrogen-bond donors (Lipinski definition) is 0. The van der Waals surface area contributed by atoms with Gasteiger partial charge < -0.3 is 4.74 Å². The molecular formula is C15H16FNO2S. The predicted molar refractivity (Wildman–Crippen MR) is 76.5 cm³/mol. The van der Waals surface area contributed by atoms with E-state index in [0.29, 0.717) is 6.61 Å². The molecule has 0 aliphatic carbocycles. The molecule has 0 aliphatic heterocycles. The van der Waals surface area contributed by atoms with Gasteiger partial charge in [-0.1, -0.05) is 12.1 Å². The van der Waals surface area contributed by atoms with Crippen LogP contribution in [-0.2, 0) is 22.4 Å². The Labute approximate surface area is 121 Å². The highest BCUT2D eigenvalue weighted by Crippen LogP contribution is 2.12. The summed E-state index contributed by atoms with van der Waals surface area (Å²) in [6.07, 6.45) is 1.06. The zero-order valence-corrected chi connectivity index (χ0v) is 12.1. The SMILES string of the molecule is Cc1ncsc1CCOCC(=O)Cc1ccc(F)cc1. The predicted octanol–water partition coefficient (Wildman–Crippen LogP) is 2.96. The van der Waals surface area contributed by atoms with Crippen LogP contribution in [0.3, 0.4) is 0 Å². The number of halogens is 1. The van der Waals surface area contributed by atoms with Crippen molar-refractivity contribution in [2.75, 3.05) is 13.2 Å². The van der Waals surface area contributed by atoms with E-state index in [1.807, 2.05) is 12.4 Å². The Morgan fingerprint density at radius 3 is 2.75 bits per heavy atom. The largest absolute Gasteiger partial charge is 0.373 e. The zero-order chi connectivity index (χ0) is 14.4. The van der Waals surface area contributed by atoms with Gasteiger partial charge >= 0.3 is 0 Å². The molecule has 0 amide bonds. The summed E-state index contributed by atoms with van der Waals surface area (Å²) >= 11 is 1.60. The molecule has 2 rings (SSSR count). The lowest BCUT2D eigenvalue weighted by atomic mass is 10.1. The Hall–Kier alpha value is -1.59. The van der Waals surface area contributed by atoms with Crippen LogP contribution in [0.1, 0.15) is 16.1 Å². The minimum Gasteiger partial charge on any atom is -0.373 e. The molecule has 0 N–H and O–H groups in total. The zero-order valence-electron chi connectivity index (χ0n) is 11.3. The minimum atomic E-state index is -0.294. The van der Waals surface area contributed by atoms with Gasteiger partial charge in [0.25, 0.3) is 0 Å². The number of aryl methyl sites for hydroxylation is 1. The van der Waals surface area contributed by atoms with Crippen LogP contribution in [-0.4, -0.2) is 24.0 Å². The molecule has 0 unspecified atom stereocenters. The van der Waals surface area contributed by atoms with Crippen molar-refractivity contribution in [3.63, 3.8) is 0 Å². The van der Waals surface area contributed by atoms with E-state index in [1.54, 1.807) is 23.5 Å². The Bertz CT molecular complexity index is 566. The van der Waals surface area contributed by atoms with Gasteiger partial charge in [-0.15, -0.1) is 11.3 Å². The van der Waals surface area contributed by atoms with Gasteiger partial charge in [0.1, 0.15) is 12.4 Å². The Morgan fingerprint density at radius 1 is 1.35 bits per heavy atom. The van der Waals surface area contributed by atoms with E-state index in [1.165, 1.54) is 17.0 Å². The van der Waals surface area contributed by atoms with Crippen LogP contribution in [0, 0.1) is 12.7 Å². The number of nitrogens with zero attached hydrogens (tertiary/aromatic N) is 1. The molecule has 0 atom stereocenters. The second-order valence-electron chi connectivity index (χ2n) is 4.51. The van der Waals surface area contributed by atoms with Crippen LogP contribution in [0.5, 0.6) is 0 Å². The summed E-state index contributed by atoms with van der Waals surface area (Å²) < 4.78 is 18.1. The lowest BCUT2D eigenvalue weighted by Gasteiger charge is -2.04. The third-order valence-corrected chi connectivity index (χ3v) is 3.89. The highest BCUT2D eigenvalue weighted by Gasteiger charge is 2.05. The molecule has 2 aromatic rings. The first-order valence-electron chi connectivity index (χ1n) is 6.38. The number of Topliss-reactive ketones (excluding diaryl/α,β-unsaturated/α-hetero) is 1. The van der Waals surface area contributed by atoms with Gasteiger partial charge in [-0.2, -0.15) is 0 Å². The third-order valence-electron chi connectivity index (χ3n) is 2.90. The quantitative estimate of drug-likeness (QED) is 0.737. The third kappa shape index (κ3) is 4.51. The molecule has 3 nitrogen and oxygen atoms in total. The van der Waals surface area contributed by atoms with E-state index in [-0.39, 0.29) is 24.6 Å². The number of carbonyl (C=O) groups is 1. The van der Waals surface area contributed by atoms with Crippen LogP contribution in [0.4, 0.5) is 4.39 Å².